The number of carbonyl (C=O) groups is 1. The van der Waals surface area contributed by atoms with Gasteiger partial charge in [0.2, 0.25) is 0 Å². The van der Waals surface area contributed by atoms with Crippen LogP contribution in [0.5, 0.6) is 5.75 Å². The average Bonchev–Trinajstić information content (AvgIpc) is 2.25. The van der Waals surface area contributed by atoms with E-state index in [9.17, 15) is 18.0 Å². The fraction of sp³-hybridized carbons (Fsp3) is 0.300. The highest BCUT2D eigenvalue weighted by molar-refractivity contribution is 5.87. The Morgan fingerprint density at radius 2 is 1.82 bits per heavy atom. The molecule has 0 aromatic heterocycles. The van der Waals surface area contributed by atoms with Crippen molar-refractivity contribution in [3.8, 4) is 5.75 Å². The van der Waals surface area contributed by atoms with E-state index in [4.69, 9.17) is 10.2 Å². The van der Waals surface area contributed by atoms with Crippen LogP contribution in [0.3, 0.4) is 0 Å². The molecule has 0 fully saturated rings. The number of ether oxygens (including phenoxy) is 1. The Morgan fingerprint density at radius 3 is 2.24 bits per heavy atom. The van der Waals surface area contributed by atoms with Crippen molar-refractivity contribution in [1.29, 1.82) is 0 Å². The van der Waals surface area contributed by atoms with Gasteiger partial charge in [0.15, 0.2) is 6.10 Å². The van der Waals surface area contributed by atoms with Crippen molar-refractivity contribution in [2.45, 2.75) is 12.3 Å². The molecule has 1 aromatic carbocycles. The Labute approximate surface area is 94.3 Å². The summed E-state index contributed by atoms with van der Waals surface area (Å²) in [4.78, 5) is 10.5. The molecule has 2 N–H and O–H groups in total. The summed E-state index contributed by atoms with van der Waals surface area (Å²) in [5.41, 5.74) is -0.00581. The summed E-state index contributed by atoms with van der Waals surface area (Å²) in [5, 5.41) is 17.2. The highest BCUT2D eigenvalue weighted by Crippen LogP contribution is 2.21. The summed E-state index contributed by atoms with van der Waals surface area (Å²) in [6.07, 6.45) is -7.30. The quantitative estimate of drug-likeness (QED) is 0.853. The highest BCUT2D eigenvalue weighted by Gasteiger charge is 2.38. The molecule has 0 heterocycles. The Balaban J connectivity index is 2.56. The zero-order chi connectivity index (χ0) is 13.1. The standard InChI is InChI=1S/C10H9F3O4/c11-10(12,13)8(14)5-17-7-3-1-6(2-4-7)9(15)16/h1-4,8,14H,5H2,(H,15,16). The van der Waals surface area contributed by atoms with Gasteiger partial charge in [-0.3, -0.25) is 0 Å². The normalized spacial score (nSPS) is 13.2. The molecule has 0 aliphatic carbocycles. The molecule has 0 saturated heterocycles. The average molecular weight is 250 g/mol. The third-order valence-electron chi connectivity index (χ3n) is 1.89. The molecule has 17 heavy (non-hydrogen) atoms. The molecule has 1 aromatic rings. The lowest BCUT2D eigenvalue weighted by atomic mass is 10.2. The van der Waals surface area contributed by atoms with Gasteiger partial charge < -0.3 is 14.9 Å². The van der Waals surface area contributed by atoms with E-state index >= 15 is 0 Å². The van der Waals surface area contributed by atoms with Crippen LogP contribution in [0.25, 0.3) is 0 Å². The molecule has 7 heteroatoms. The number of hydrogen-bond donors (Lipinski definition) is 2. The zero-order valence-electron chi connectivity index (χ0n) is 8.44. The van der Waals surface area contributed by atoms with E-state index in [1.807, 2.05) is 0 Å². The number of aromatic carboxylic acids is 1. The third-order valence-corrected chi connectivity index (χ3v) is 1.89. The van der Waals surface area contributed by atoms with Gasteiger partial charge >= 0.3 is 12.1 Å². The first-order valence-corrected chi connectivity index (χ1v) is 4.51. The minimum atomic E-state index is -4.74. The summed E-state index contributed by atoms with van der Waals surface area (Å²) in [5.74, 6) is -1.09. The van der Waals surface area contributed by atoms with Crippen molar-refractivity contribution in [3.05, 3.63) is 29.8 Å². The van der Waals surface area contributed by atoms with Crippen molar-refractivity contribution >= 4 is 5.97 Å². The fourth-order valence-electron chi connectivity index (χ4n) is 0.963. The first-order valence-electron chi connectivity index (χ1n) is 4.51. The van der Waals surface area contributed by atoms with E-state index in [1.54, 1.807) is 0 Å². The zero-order valence-corrected chi connectivity index (χ0v) is 8.44. The number of carboxylic acids is 1. The lowest BCUT2D eigenvalue weighted by molar-refractivity contribution is -0.210. The minimum absolute atomic E-state index is 0.00581. The van der Waals surface area contributed by atoms with Gasteiger partial charge in [0.1, 0.15) is 12.4 Å². The lowest BCUT2D eigenvalue weighted by Crippen LogP contribution is -2.34. The molecule has 0 aliphatic heterocycles. The smallest absolute Gasteiger partial charge is 0.417 e. The second-order valence-electron chi connectivity index (χ2n) is 3.20. The maximum absolute atomic E-state index is 11.9. The molecule has 1 rings (SSSR count). The maximum Gasteiger partial charge on any atom is 0.417 e. The lowest BCUT2D eigenvalue weighted by Gasteiger charge is -2.15. The highest BCUT2D eigenvalue weighted by atomic mass is 19.4. The van der Waals surface area contributed by atoms with Crippen LogP contribution < -0.4 is 4.74 Å². The largest absolute Gasteiger partial charge is 0.491 e. The Morgan fingerprint density at radius 1 is 1.29 bits per heavy atom. The molecule has 0 aliphatic rings. The van der Waals surface area contributed by atoms with Crippen molar-refractivity contribution in [2.75, 3.05) is 6.61 Å². The van der Waals surface area contributed by atoms with Gasteiger partial charge in [-0.1, -0.05) is 0 Å². The van der Waals surface area contributed by atoms with Crippen LogP contribution in [0.2, 0.25) is 0 Å². The van der Waals surface area contributed by atoms with Crippen LogP contribution in [0.1, 0.15) is 10.4 Å². The van der Waals surface area contributed by atoms with E-state index in [0.717, 1.165) is 0 Å². The number of rotatable bonds is 4. The van der Waals surface area contributed by atoms with Crippen molar-refractivity contribution in [3.63, 3.8) is 0 Å². The topological polar surface area (TPSA) is 66.8 Å². The summed E-state index contributed by atoms with van der Waals surface area (Å²) in [7, 11) is 0. The Hall–Kier alpha value is -1.76. The fourth-order valence-corrected chi connectivity index (χ4v) is 0.963. The predicted octanol–water partition coefficient (Wildman–Crippen LogP) is 1.69. The van der Waals surface area contributed by atoms with E-state index in [0.29, 0.717) is 0 Å². The SMILES string of the molecule is O=C(O)c1ccc(OCC(O)C(F)(F)F)cc1. The molecule has 0 spiro atoms. The van der Waals surface area contributed by atoms with E-state index in [1.165, 1.54) is 24.3 Å². The number of carboxylic acid groups (broad SMARTS) is 1. The predicted molar refractivity (Wildman–Crippen MR) is 51.0 cm³/mol. The molecule has 1 unspecified atom stereocenters. The maximum atomic E-state index is 11.9. The first-order chi connectivity index (χ1) is 7.80. The van der Waals surface area contributed by atoms with Crippen LogP contribution in [0.15, 0.2) is 24.3 Å². The van der Waals surface area contributed by atoms with Crippen molar-refractivity contribution < 1.29 is 32.9 Å². The van der Waals surface area contributed by atoms with Gasteiger partial charge in [0.25, 0.3) is 0 Å². The van der Waals surface area contributed by atoms with E-state index in [2.05, 4.69) is 4.74 Å². The molecule has 0 amide bonds. The summed E-state index contributed by atoms with van der Waals surface area (Å²) >= 11 is 0. The summed E-state index contributed by atoms with van der Waals surface area (Å²) in [6, 6.07) is 4.81. The number of hydrogen-bond acceptors (Lipinski definition) is 3. The van der Waals surface area contributed by atoms with Gasteiger partial charge in [-0.25, -0.2) is 4.79 Å². The number of halogens is 3. The van der Waals surface area contributed by atoms with Crippen LogP contribution in [0.4, 0.5) is 13.2 Å². The molecule has 1 atom stereocenters. The molecular weight excluding hydrogens is 241 g/mol. The van der Waals surface area contributed by atoms with Gasteiger partial charge in [-0.2, -0.15) is 13.2 Å². The monoisotopic (exact) mass is 250 g/mol. The van der Waals surface area contributed by atoms with Gasteiger partial charge in [-0.15, -0.1) is 0 Å². The van der Waals surface area contributed by atoms with Crippen LogP contribution >= 0.6 is 0 Å². The second-order valence-corrected chi connectivity index (χ2v) is 3.20. The molecule has 0 bridgehead atoms. The Kier molecular flexibility index (Phi) is 3.95. The molecule has 0 radical (unpaired) electrons. The van der Waals surface area contributed by atoms with Gasteiger partial charge in [0, 0.05) is 0 Å². The number of aliphatic hydroxyl groups excluding tert-OH is 1. The molecular formula is C10H9F3O4. The number of aliphatic hydroxyl groups is 1. The molecule has 4 nitrogen and oxygen atoms in total. The van der Waals surface area contributed by atoms with Crippen LogP contribution in [-0.4, -0.2) is 35.1 Å². The molecule has 94 valence electrons. The van der Waals surface area contributed by atoms with Crippen LogP contribution in [-0.2, 0) is 0 Å². The van der Waals surface area contributed by atoms with Crippen molar-refractivity contribution in [1.82, 2.24) is 0 Å². The van der Waals surface area contributed by atoms with Crippen LogP contribution in [0, 0.1) is 0 Å². The van der Waals surface area contributed by atoms with E-state index < -0.39 is 24.9 Å². The van der Waals surface area contributed by atoms with Crippen molar-refractivity contribution in [2.24, 2.45) is 0 Å². The van der Waals surface area contributed by atoms with Gasteiger partial charge in [0.05, 0.1) is 5.56 Å². The Bertz CT molecular complexity index is 386. The summed E-state index contributed by atoms with van der Waals surface area (Å²) < 4.78 is 40.4. The number of alkyl halides is 3. The first kappa shape index (κ1) is 13.3. The van der Waals surface area contributed by atoms with E-state index in [-0.39, 0.29) is 11.3 Å². The molecule has 0 saturated carbocycles. The summed E-state index contributed by atoms with van der Waals surface area (Å²) in [6.45, 7) is -0.935. The third kappa shape index (κ3) is 3.95. The minimum Gasteiger partial charge on any atom is -0.491 e. The number of benzene rings is 1. The van der Waals surface area contributed by atoms with Gasteiger partial charge in [-0.05, 0) is 24.3 Å². The second kappa shape index (κ2) is 5.05.